The van der Waals surface area contributed by atoms with Crippen molar-refractivity contribution in [1.82, 2.24) is 9.78 Å². The quantitative estimate of drug-likeness (QED) is 0.570. The van der Waals surface area contributed by atoms with Crippen LogP contribution in [0.2, 0.25) is 0 Å². The van der Waals surface area contributed by atoms with Crippen LogP contribution in [0.4, 0.5) is 0 Å². The van der Waals surface area contributed by atoms with Gasteiger partial charge in [0.2, 0.25) is 0 Å². The topological polar surface area (TPSA) is 44.1 Å². The Hall–Kier alpha value is -1.84. The Labute approximate surface area is 126 Å². The van der Waals surface area contributed by atoms with Gasteiger partial charge in [-0.25, -0.2) is 4.79 Å². The number of unbranched alkanes of at least 4 members (excludes halogenated alkanes) is 2. The fraction of sp³-hybridized carbons (Fsp3) is 0.529. The van der Waals surface area contributed by atoms with Gasteiger partial charge in [-0.2, -0.15) is 5.10 Å². The second-order valence-corrected chi connectivity index (χ2v) is 5.79. The minimum atomic E-state index is -0.325. The van der Waals surface area contributed by atoms with Crippen LogP contribution in [0.1, 0.15) is 50.5 Å². The van der Waals surface area contributed by atoms with Gasteiger partial charge in [0.1, 0.15) is 0 Å². The molecule has 4 heteroatoms. The van der Waals surface area contributed by atoms with Crippen LogP contribution in [0.15, 0.2) is 24.3 Å². The smallest absolute Gasteiger partial charge is 0.359 e. The van der Waals surface area contributed by atoms with E-state index >= 15 is 0 Å². The van der Waals surface area contributed by atoms with Crippen LogP contribution in [0.5, 0.6) is 0 Å². The van der Waals surface area contributed by atoms with Gasteiger partial charge in [-0.1, -0.05) is 51.8 Å². The number of carbonyl (C=O) groups is 1. The van der Waals surface area contributed by atoms with Crippen molar-refractivity contribution < 1.29 is 9.53 Å². The lowest BCUT2D eigenvalue weighted by Crippen LogP contribution is -2.11. The molecule has 0 saturated carbocycles. The first-order chi connectivity index (χ1) is 10.1. The summed E-state index contributed by atoms with van der Waals surface area (Å²) in [6.07, 6.45) is 3.41. The molecule has 114 valence electrons. The molecular formula is C17H24N2O2. The van der Waals surface area contributed by atoms with Crippen LogP contribution >= 0.6 is 0 Å². The maximum Gasteiger partial charge on any atom is 0.359 e. The zero-order chi connectivity index (χ0) is 15.2. The summed E-state index contributed by atoms with van der Waals surface area (Å²) < 4.78 is 7.25. The molecule has 0 spiro atoms. The van der Waals surface area contributed by atoms with E-state index in [0.29, 0.717) is 18.2 Å². The Balaban J connectivity index is 2.24. The monoisotopic (exact) mass is 288 g/mol. The summed E-state index contributed by atoms with van der Waals surface area (Å²) >= 11 is 0. The van der Waals surface area contributed by atoms with E-state index in [1.165, 1.54) is 12.8 Å². The molecule has 2 rings (SSSR count). The Bertz CT molecular complexity index is 602. The molecule has 0 aliphatic rings. The van der Waals surface area contributed by atoms with Crippen molar-refractivity contribution in [2.75, 3.05) is 6.61 Å². The number of para-hydroxylation sites is 1. The van der Waals surface area contributed by atoms with E-state index in [4.69, 9.17) is 4.74 Å². The summed E-state index contributed by atoms with van der Waals surface area (Å²) in [4.78, 5) is 12.2. The highest BCUT2D eigenvalue weighted by Crippen LogP contribution is 2.20. The summed E-state index contributed by atoms with van der Waals surface area (Å²) in [5, 5.41) is 5.36. The van der Waals surface area contributed by atoms with Crippen LogP contribution in [-0.2, 0) is 11.3 Å². The van der Waals surface area contributed by atoms with Gasteiger partial charge in [-0.05, 0) is 18.4 Å². The minimum Gasteiger partial charge on any atom is -0.461 e. The number of esters is 1. The van der Waals surface area contributed by atoms with Crippen molar-refractivity contribution in [3.05, 3.63) is 30.0 Å². The van der Waals surface area contributed by atoms with Crippen molar-refractivity contribution in [3.63, 3.8) is 0 Å². The highest BCUT2D eigenvalue weighted by atomic mass is 16.5. The predicted molar refractivity (Wildman–Crippen MR) is 84.4 cm³/mol. The standard InChI is InChI=1S/C17H24N2O2/c1-4-5-8-11-19-15-10-7-6-9-14(15)16(18-19)17(20)21-12-13(2)3/h6-7,9-10,13H,4-5,8,11-12H2,1-3H3. The third kappa shape index (κ3) is 3.84. The second kappa shape index (κ2) is 7.25. The molecule has 0 aliphatic carbocycles. The Kier molecular flexibility index (Phi) is 5.37. The van der Waals surface area contributed by atoms with E-state index in [1.807, 2.05) is 42.8 Å². The van der Waals surface area contributed by atoms with Crippen molar-refractivity contribution in [2.45, 2.75) is 46.6 Å². The third-order valence-electron chi connectivity index (χ3n) is 3.37. The van der Waals surface area contributed by atoms with Crippen molar-refractivity contribution in [1.29, 1.82) is 0 Å². The predicted octanol–water partition coefficient (Wildman–Crippen LogP) is 4.04. The molecule has 0 bridgehead atoms. The molecule has 0 saturated heterocycles. The van der Waals surface area contributed by atoms with Gasteiger partial charge >= 0.3 is 5.97 Å². The maximum absolute atomic E-state index is 12.2. The van der Waals surface area contributed by atoms with Crippen LogP contribution in [0, 0.1) is 5.92 Å². The van der Waals surface area contributed by atoms with Crippen molar-refractivity contribution >= 4 is 16.9 Å². The van der Waals surface area contributed by atoms with Crippen LogP contribution in [-0.4, -0.2) is 22.4 Å². The molecule has 0 atom stereocenters. The van der Waals surface area contributed by atoms with Gasteiger partial charge in [-0.15, -0.1) is 0 Å². The van der Waals surface area contributed by atoms with E-state index in [9.17, 15) is 4.79 Å². The summed E-state index contributed by atoms with van der Waals surface area (Å²) in [5.41, 5.74) is 1.44. The molecule has 4 nitrogen and oxygen atoms in total. The Morgan fingerprint density at radius 2 is 2.05 bits per heavy atom. The SMILES string of the molecule is CCCCCn1nc(C(=O)OCC(C)C)c2ccccc21. The van der Waals surface area contributed by atoms with Gasteiger partial charge in [0.25, 0.3) is 0 Å². The molecule has 0 radical (unpaired) electrons. The first kappa shape index (κ1) is 15.5. The molecule has 1 aromatic carbocycles. The number of aryl methyl sites for hydroxylation is 1. The van der Waals surface area contributed by atoms with E-state index in [1.54, 1.807) is 0 Å². The summed E-state index contributed by atoms with van der Waals surface area (Å²) in [6.45, 7) is 7.49. The number of carbonyl (C=O) groups excluding carboxylic acids is 1. The number of hydrogen-bond donors (Lipinski definition) is 0. The average molecular weight is 288 g/mol. The fourth-order valence-corrected chi connectivity index (χ4v) is 2.27. The Morgan fingerprint density at radius 3 is 2.76 bits per heavy atom. The lowest BCUT2D eigenvalue weighted by molar-refractivity contribution is 0.0453. The number of hydrogen-bond acceptors (Lipinski definition) is 3. The number of ether oxygens (including phenoxy) is 1. The van der Waals surface area contributed by atoms with Gasteiger partial charge < -0.3 is 4.74 Å². The third-order valence-corrected chi connectivity index (χ3v) is 3.37. The van der Waals surface area contributed by atoms with E-state index < -0.39 is 0 Å². The molecule has 1 aromatic heterocycles. The average Bonchev–Trinajstić information content (AvgIpc) is 2.84. The number of nitrogens with zero attached hydrogens (tertiary/aromatic N) is 2. The number of fused-ring (bicyclic) bond motifs is 1. The molecule has 2 aromatic rings. The zero-order valence-corrected chi connectivity index (χ0v) is 13.1. The Morgan fingerprint density at radius 1 is 1.29 bits per heavy atom. The molecule has 1 heterocycles. The first-order valence-corrected chi connectivity index (χ1v) is 7.76. The molecule has 21 heavy (non-hydrogen) atoms. The summed E-state index contributed by atoms with van der Waals surface area (Å²) in [6, 6.07) is 7.85. The normalized spacial score (nSPS) is 11.2. The van der Waals surface area contributed by atoms with Crippen LogP contribution in [0.25, 0.3) is 10.9 Å². The lowest BCUT2D eigenvalue weighted by Gasteiger charge is -2.05. The van der Waals surface area contributed by atoms with E-state index in [2.05, 4.69) is 12.0 Å². The largest absolute Gasteiger partial charge is 0.461 e. The highest BCUT2D eigenvalue weighted by Gasteiger charge is 2.18. The van der Waals surface area contributed by atoms with Crippen LogP contribution < -0.4 is 0 Å². The molecule has 0 aliphatic heterocycles. The number of rotatable bonds is 7. The molecule has 0 amide bonds. The van der Waals surface area contributed by atoms with Gasteiger partial charge in [0.05, 0.1) is 12.1 Å². The lowest BCUT2D eigenvalue weighted by atomic mass is 10.2. The number of aromatic nitrogens is 2. The first-order valence-electron chi connectivity index (χ1n) is 7.76. The second-order valence-electron chi connectivity index (χ2n) is 5.79. The van der Waals surface area contributed by atoms with Crippen molar-refractivity contribution in [2.24, 2.45) is 5.92 Å². The van der Waals surface area contributed by atoms with Gasteiger partial charge in [-0.3, -0.25) is 4.68 Å². The highest BCUT2D eigenvalue weighted by molar-refractivity contribution is 6.02. The van der Waals surface area contributed by atoms with Gasteiger partial charge in [0.15, 0.2) is 5.69 Å². The number of benzene rings is 1. The molecule has 0 fully saturated rings. The molecule has 0 N–H and O–H groups in total. The fourth-order valence-electron chi connectivity index (χ4n) is 2.27. The van der Waals surface area contributed by atoms with Crippen LogP contribution in [0.3, 0.4) is 0 Å². The zero-order valence-electron chi connectivity index (χ0n) is 13.1. The minimum absolute atomic E-state index is 0.325. The maximum atomic E-state index is 12.2. The molecular weight excluding hydrogens is 264 g/mol. The summed E-state index contributed by atoms with van der Waals surface area (Å²) in [5.74, 6) is 0.000922. The molecule has 0 unspecified atom stereocenters. The van der Waals surface area contributed by atoms with Crippen molar-refractivity contribution in [3.8, 4) is 0 Å². The van der Waals surface area contributed by atoms with E-state index in [0.717, 1.165) is 23.9 Å². The van der Waals surface area contributed by atoms with E-state index in [-0.39, 0.29) is 5.97 Å². The summed E-state index contributed by atoms with van der Waals surface area (Å²) in [7, 11) is 0. The van der Waals surface area contributed by atoms with Gasteiger partial charge in [0, 0.05) is 11.9 Å².